The minimum absolute atomic E-state index is 0.204. The Morgan fingerprint density at radius 1 is 0.495 bits per heavy atom. The number of Topliss-reactive ketones (excluding diaryl/α,β-unsaturated/α-hetero) is 3. The standard InChI is InChI=1S/C6H13N.C5H11N.3C5H8O.C4H7NO.C4H5NS.C4H7N.C4H8O2S.C4H8O.C3H6N2.C3H8N2.C3H5NO.C3H7NS.C3H4O3.C3H6O.C3H6/c1-6-4-2-3-5-7-6;1-2-4-6-5-3-1;3*6-5-3-1-2-4-5;6-4-2-1-3-5-4;1-3-6-4-2-5-1;1-2-4-5-3-1;5-7(6)3-1-2-4-7;1-2-4-5-3-1;1-2-5-3-4-1;1-2-4-5-3-1;2*1-2-5-3-4-1;4-3-5-1-2-6-3;1-2-4-3-1;1-2-3-1/h6-7H,2-5H2,1H3;6H,1-5H2;3*1-4H2;1-3H2,(H,5,6);1-5H;1-2,5H,3-4H2;1-4H2;1-4H2;3H,1-2H2,(H,4,5);4-5H,1-3H2;3H,1-2H2;4H,1-3H2;1-2H2;1-3H2;1-3H2. The quantitative estimate of drug-likeness (QED) is 0.0808. The Labute approximate surface area is 569 Å². The van der Waals surface area contributed by atoms with Crippen molar-refractivity contribution < 1.29 is 56.1 Å². The highest BCUT2D eigenvalue weighted by Gasteiger charge is 2.16. The van der Waals surface area contributed by atoms with Gasteiger partial charge in [0.15, 0.2) is 6.40 Å². The van der Waals surface area contributed by atoms with Crippen LogP contribution in [0.15, 0.2) is 45.4 Å². The highest BCUT2D eigenvalue weighted by Crippen LogP contribution is 2.15. The summed E-state index contributed by atoms with van der Waals surface area (Å²) in [6.07, 6.45) is 44.1. The van der Waals surface area contributed by atoms with Crippen molar-refractivity contribution >= 4 is 75.5 Å². The Bertz CT molecular complexity index is 1730. The van der Waals surface area contributed by atoms with Crippen LogP contribution in [0.3, 0.4) is 0 Å². The van der Waals surface area contributed by atoms with Crippen LogP contribution in [0.5, 0.6) is 0 Å². The van der Waals surface area contributed by atoms with Gasteiger partial charge < -0.3 is 60.9 Å². The van der Waals surface area contributed by atoms with Gasteiger partial charge in [-0.3, -0.25) is 40.0 Å². The van der Waals surface area contributed by atoms with Crippen LogP contribution >= 0.6 is 23.5 Å². The summed E-state index contributed by atoms with van der Waals surface area (Å²) in [7, 11) is -2.55. The van der Waals surface area contributed by atoms with E-state index in [-0.39, 0.29) is 5.91 Å². The summed E-state index contributed by atoms with van der Waals surface area (Å²) in [6.45, 7) is 20.9. The fourth-order valence-electron chi connectivity index (χ4n) is 8.46. The summed E-state index contributed by atoms with van der Waals surface area (Å²) in [6, 6.07) is 0.786. The molecule has 0 aromatic carbocycles. The average molecular weight is 1370 g/mol. The molecule has 17 rings (SSSR count). The molecule has 4 aliphatic carbocycles. The predicted octanol–water partition coefficient (Wildman–Crippen LogP) is 8.75. The van der Waals surface area contributed by atoms with Crippen LogP contribution in [0.25, 0.3) is 0 Å². The number of carbonyl (C=O) groups is 5. The molecule has 1 unspecified atom stereocenters. The molecule has 0 spiro atoms. The molecule has 17 aliphatic rings. The lowest BCUT2D eigenvalue weighted by Gasteiger charge is -2.18. The number of hydrogen-bond donors (Lipinski definition) is 9. The molecular weight excluding hydrogens is 1250 g/mol. The Balaban J connectivity index is 0.000000495. The zero-order valence-corrected chi connectivity index (χ0v) is 59.4. The number of amides is 1. The van der Waals surface area contributed by atoms with Crippen molar-refractivity contribution in [1.29, 1.82) is 0 Å². The lowest BCUT2D eigenvalue weighted by Crippen LogP contribution is -2.30. The van der Waals surface area contributed by atoms with Gasteiger partial charge in [0.05, 0.1) is 30.9 Å². The number of thioether (sulfide) groups is 2. The molecule has 1 atom stereocenters. The smallest absolute Gasteiger partial charge is 0.482 e. The maximum absolute atomic E-state index is 10.4. The summed E-state index contributed by atoms with van der Waals surface area (Å²) in [4.78, 5) is 58.2. The van der Waals surface area contributed by atoms with Gasteiger partial charge in [-0.1, -0.05) is 44.3 Å². The third-order valence-electron chi connectivity index (χ3n) is 14.2. The van der Waals surface area contributed by atoms with Gasteiger partial charge in [0.25, 0.3) is 0 Å². The van der Waals surface area contributed by atoms with Crippen molar-refractivity contribution in [2.24, 2.45) is 9.98 Å². The zero-order chi connectivity index (χ0) is 67.1. The molecule has 0 bridgehead atoms. The molecule has 13 aliphatic heterocycles. The first-order valence-electron chi connectivity index (χ1n) is 35.1. The first-order valence-corrected chi connectivity index (χ1v) is 39.0. The van der Waals surface area contributed by atoms with Gasteiger partial charge in [0.1, 0.15) is 47.0 Å². The summed E-state index contributed by atoms with van der Waals surface area (Å²) < 4.78 is 43.8. The van der Waals surface area contributed by atoms with Crippen LogP contribution in [-0.4, -0.2) is 205 Å². The van der Waals surface area contributed by atoms with E-state index in [2.05, 4.69) is 91.3 Å². The average Bonchev–Trinajstić information content (AvgIpc) is 4.57. The van der Waals surface area contributed by atoms with E-state index in [9.17, 15) is 32.4 Å². The second-order valence-corrected chi connectivity index (χ2v) is 27.4. The fourth-order valence-corrected chi connectivity index (χ4v) is 11.1. The minimum Gasteiger partial charge on any atom is -0.482 e. The predicted molar refractivity (Wildman–Crippen MR) is 383 cm³/mol. The Morgan fingerprint density at radius 3 is 1.20 bits per heavy atom. The first-order chi connectivity index (χ1) is 45.6. The minimum atomic E-state index is -2.55. The molecule has 538 valence electrons. The van der Waals surface area contributed by atoms with Gasteiger partial charge in [-0.15, -0.1) is 23.5 Å². The molecule has 0 aromatic rings. The van der Waals surface area contributed by atoms with E-state index in [0.717, 1.165) is 194 Å². The molecule has 1 amide bonds. The van der Waals surface area contributed by atoms with E-state index in [1.807, 2.05) is 35.0 Å². The molecule has 0 radical (unpaired) electrons. The number of cyclic esters (lactones) is 2. The van der Waals surface area contributed by atoms with Crippen molar-refractivity contribution in [3.8, 4) is 0 Å². The summed E-state index contributed by atoms with van der Waals surface area (Å²) in [5.74, 6) is 4.88. The van der Waals surface area contributed by atoms with Crippen molar-refractivity contribution in [3.63, 3.8) is 0 Å². The van der Waals surface area contributed by atoms with E-state index in [0.29, 0.717) is 42.1 Å². The number of piperidine rings is 2. The van der Waals surface area contributed by atoms with Crippen LogP contribution in [0, 0.1) is 0 Å². The third kappa shape index (κ3) is 72.2. The molecule has 9 N–H and O–H groups in total. The molecule has 26 heteroatoms. The number of carbonyl (C=O) groups excluding carboxylic acids is 5. The SMILES string of the molecule is C1=CCNC1.C1=CSC=CN1.C1=NCCN1.C1=NCCO1.C1CC1.C1CCNCC1.C1CCOC1.C1CNNC1.C1COC1.C1CSCN1.CC1CCCCN1.O=C1CCCC1.O=C1CCCC1.O=C1CCCC1.O=C1CCCN1.O=C1OCCO1.O=S1(=O)CCCC1. The molecule has 13 heterocycles. The number of hydrazine groups is 1. The van der Waals surface area contributed by atoms with E-state index >= 15 is 0 Å². The van der Waals surface area contributed by atoms with Gasteiger partial charge in [0, 0.05) is 147 Å². The van der Waals surface area contributed by atoms with Gasteiger partial charge in [-0.25, -0.2) is 13.2 Å². The fraction of sp³-hybridized carbons (Fsp3) is 0.806. The normalized spacial score (nSPS) is 23.1. The molecular formula is C67H125N11O12S3. The Kier molecular flexibility index (Phi) is 65.0. The Morgan fingerprint density at radius 2 is 1.05 bits per heavy atom. The van der Waals surface area contributed by atoms with Crippen molar-refractivity contribution in [2.45, 2.75) is 199 Å². The number of nitrogens with one attached hydrogen (secondary N) is 9. The zero-order valence-electron chi connectivity index (χ0n) is 57.0. The number of nitrogens with zero attached hydrogens (tertiary/aromatic N) is 2. The Hall–Kier alpha value is -3.96. The van der Waals surface area contributed by atoms with Gasteiger partial charge in [0.2, 0.25) is 5.91 Å². The van der Waals surface area contributed by atoms with Crippen LogP contribution in [-0.2, 0) is 52.7 Å². The van der Waals surface area contributed by atoms with E-state index in [4.69, 9.17) is 9.47 Å². The number of ketones is 3. The van der Waals surface area contributed by atoms with Crippen molar-refractivity contribution in [2.75, 3.05) is 148 Å². The lowest BCUT2D eigenvalue weighted by molar-refractivity contribution is -0.119. The molecule has 13 fully saturated rings. The van der Waals surface area contributed by atoms with E-state index in [1.54, 1.807) is 18.1 Å². The highest BCUT2D eigenvalue weighted by molar-refractivity contribution is 8.04. The van der Waals surface area contributed by atoms with E-state index < -0.39 is 16.0 Å². The molecule has 23 nitrogen and oxygen atoms in total. The van der Waals surface area contributed by atoms with Crippen molar-refractivity contribution in [3.05, 3.63) is 35.4 Å². The summed E-state index contributed by atoms with van der Waals surface area (Å²) in [5.41, 5.74) is 5.94. The maximum Gasteiger partial charge on any atom is 0.508 e. The number of aliphatic imine (C=N–C) groups is 2. The summed E-state index contributed by atoms with van der Waals surface area (Å²) in [5, 5.41) is 25.4. The van der Waals surface area contributed by atoms with Crippen LogP contribution in [0.2, 0.25) is 0 Å². The van der Waals surface area contributed by atoms with Gasteiger partial charge >= 0.3 is 6.16 Å². The topological polar surface area (TPSA) is 299 Å². The number of sulfone groups is 1. The number of rotatable bonds is 0. The second kappa shape index (κ2) is 69.4. The van der Waals surface area contributed by atoms with Gasteiger partial charge in [-0.2, -0.15) is 0 Å². The number of ether oxygens (including phenoxy) is 5. The summed E-state index contributed by atoms with van der Waals surface area (Å²) >= 11 is 3.63. The lowest BCUT2D eigenvalue weighted by atomic mass is 10.1. The molecule has 93 heavy (non-hydrogen) atoms. The second-order valence-electron chi connectivity index (χ2n) is 23.2. The largest absolute Gasteiger partial charge is 0.508 e. The maximum atomic E-state index is 10.4. The van der Waals surface area contributed by atoms with Crippen LogP contribution in [0.4, 0.5) is 4.79 Å². The van der Waals surface area contributed by atoms with Gasteiger partial charge in [-0.05, 0) is 147 Å². The van der Waals surface area contributed by atoms with E-state index in [1.165, 1.54) is 128 Å². The highest BCUT2D eigenvalue weighted by atomic mass is 32.2. The van der Waals surface area contributed by atoms with Crippen LogP contribution in [0.1, 0.15) is 193 Å². The molecule has 9 saturated heterocycles. The first kappa shape index (κ1) is 87.1. The molecule has 4 saturated carbocycles. The molecule has 0 aromatic heterocycles. The van der Waals surface area contributed by atoms with Crippen molar-refractivity contribution in [1.82, 2.24) is 48.1 Å². The third-order valence-corrected chi connectivity index (χ3v) is 17.5. The van der Waals surface area contributed by atoms with Crippen LogP contribution < -0.4 is 48.1 Å². The number of hydrogen-bond acceptors (Lipinski definition) is 24. The monoisotopic (exact) mass is 1370 g/mol.